The summed E-state index contributed by atoms with van der Waals surface area (Å²) in [6.07, 6.45) is 0. The van der Waals surface area contributed by atoms with E-state index >= 15 is 0 Å². The summed E-state index contributed by atoms with van der Waals surface area (Å²) in [5.74, 6) is 0.0602. The van der Waals surface area contributed by atoms with E-state index in [4.69, 9.17) is 0 Å². The average molecular weight is 323 g/mol. The number of piperazine rings is 1. The fourth-order valence-electron chi connectivity index (χ4n) is 3.06. The van der Waals surface area contributed by atoms with Crippen molar-refractivity contribution in [3.63, 3.8) is 0 Å². The van der Waals surface area contributed by atoms with Crippen molar-refractivity contribution in [3.05, 3.63) is 60.2 Å². The minimum atomic E-state index is -0.120. The number of amides is 1. The quantitative estimate of drug-likeness (QED) is 0.939. The molecule has 1 N–H and O–H groups in total. The SMILES string of the molecule is Cc1ccc(N2CCN(C(C)C(=O)Nc3ccccc3)CC2)cc1. The van der Waals surface area contributed by atoms with E-state index < -0.39 is 0 Å². The van der Waals surface area contributed by atoms with Crippen LogP contribution in [-0.2, 0) is 4.79 Å². The molecule has 1 aliphatic rings. The van der Waals surface area contributed by atoms with Gasteiger partial charge in [0.25, 0.3) is 0 Å². The molecule has 1 unspecified atom stereocenters. The third-order valence-electron chi connectivity index (χ3n) is 4.68. The van der Waals surface area contributed by atoms with Crippen LogP contribution in [0.5, 0.6) is 0 Å². The number of carbonyl (C=O) groups excluding carboxylic acids is 1. The molecule has 1 fully saturated rings. The number of carbonyl (C=O) groups is 1. The first-order chi connectivity index (χ1) is 11.6. The van der Waals surface area contributed by atoms with Gasteiger partial charge in [-0.25, -0.2) is 0 Å². The van der Waals surface area contributed by atoms with E-state index in [1.165, 1.54) is 11.3 Å². The van der Waals surface area contributed by atoms with Crippen molar-refractivity contribution < 1.29 is 4.79 Å². The summed E-state index contributed by atoms with van der Waals surface area (Å²) < 4.78 is 0. The van der Waals surface area contributed by atoms with E-state index in [-0.39, 0.29) is 11.9 Å². The van der Waals surface area contributed by atoms with E-state index in [1.807, 2.05) is 37.3 Å². The number of anilines is 2. The monoisotopic (exact) mass is 323 g/mol. The first-order valence-corrected chi connectivity index (χ1v) is 8.55. The summed E-state index contributed by atoms with van der Waals surface area (Å²) in [6, 6.07) is 18.2. The minimum absolute atomic E-state index is 0.0602. The lowest BCUT2D eigenvalue weighted by Crippen LogP contribution is -2.52. The standard InChI is InChI=1S/C20H25N3O/c1-16-8-10-19(11-9-16)23-14-12-22(13-15-23)17(2)20(24)21-18-6-4-3-5-7-18/h3-11,17H,12-15H2,1-2H3,(H,21,24). The Morgan fingerprint density at radius 1 is 0.958 bits per heavy atom. The van der Waals surface area contributed by atoms with Gasteiger partial charge in [0.05, 0.1) is 6.04 Å². The summed E-state index contributed by atoms with van der Waals surface area (Å²) in [5, 5.41) is 2.99. The number of benzene rings is 2. The van der Waals surface area contributed by atoms with Crippen molar-refractivity contribution in [3.8, 4) is 0 Å². The van der Waals surface area contributed by atoms with Crippen molar-refractivity contribution in [1.82, 2.24) is 4.90 Å². The average Bonchev–Trinajstić information content (AvgIpc) is 2.63. The van der Waals surface area contributed by atoms with Gasteiger partial charge in [-0.3, -0.25) is 9.69 Å². The smallest absolute Gasteiger partial charge is 0.241 e. The Balaban J connectivity index is 1.54. The maximum absolute atomic E-state index is 12.4. The zero-order valence-corrected chi connectivity index (χ0v) is 14.4. The number of rotatable bonds is 4. The predicted molar refractivity (Wildman–Crippen MR) is 99.5 cm³/mol. The van der Waals surface area contributed by atoms with Crippen LogP contribution < -0.4 is 10.2 Å². The number of nitrogens with one attached hydrogen (secondary N) is 1. The largest absolute Gasteiger partial charge is 0.369 e. The minimum Gasteiger partial charge on any atom is -0.369 e. The van der Waals surface area contributed by atoms with Crippen LogP contribution in [0.4, 0.5) is 11.4 Å². The van der Waals surface area contributed by atoms with Crippen molar-refractivity contribution in [2.75, 3.05) is 36.4 Å². The van der Waals surface area contributed by atoms with Crippen LogP contribution in [0.2, 0.25) is 0 Å². The Morgan fingerprint density at radius 2 is 1.58 bits per heavy atom. The van der Waals surface area contributed by atoms with Gasteiger partial charge in [-0.1, -0.05) is 35.9 Å². The topological polar surface area (TPSA) is 35.6 Å². The molecule has 1 heterocycles. The molecule has 0 aliphatic carbocycles. The molecule has 0 bridgehead atoms. The maximum atomic E-state index is 12.4. The summed E-state index contributed by atoms with van der Waals surface area (Å²) in [4.78, 5) is 17.1. The zero-order chi connectivity index (χ0) is 16.9. The number of hydrogen-bond acceptors (Lipinski definition) is 3. The van der Waals surface area contributed by atoms with E-state index in [9.17, 15) is 4.79 Å². The van der Waals surface area contributed by atoms with Gasteiger partial charge in [0.1, 0.15) is 0 Å². The van der Waals surface area contributed by atoms with E-state index in [1.54, 1.807) is 0 Å². The van der Waals surface area contributed by atoms with Gasteiger partial charge >= 0.3 is 0 Å². The summed E-state index contributed by atoms with van der Waals surface area (Å²) >= 11 is 0. The first-order valence-electron chi connectivity index (χ1n) is 8.55. The molecule has 1 saturated heterocycles. The summed E-state index contributed by atoms with van der Waals surface area (Å²) in [5.41, 5.74) is 3.40. The fourth-order valence-corrected chi connectivity index (χ4v) is 3.06. The van der Waals surface area contributed by atoms with Crippen LogP contribution in [0.1, 0.15) is 12.5 Å². The second kappa shape index (κ2) is 7.49. The molecule has 1 aliphatic heterocycles. The van der Waals surface area contributed by atoms with E-state index in [2.05, 4.69) is 46.3 Å². The molecular formula is C20H25N3O. The molecule has 126 valence electrons. The molecule has 3 rings (SSSR count). The summed E-state index contributed by atoms with van der Waals surface area (Å²) in [6.45, 7) is 7.79. The second-order valence-electron chi connectivity index (χ2n) is 6.39. The van der Waals surface area contributed by atoms with Crippen LogP contribution in [0.25, 0.3) is 0 Å². The van der Waals surface area contributed by atoms with Crippen LogP contribution >= 0.6 is 0 Å². The molecule has 4 heteroatoms. The number of para-hydroxylation sites is 1. The number of aryl methyl sites for hydroxylation is 1. The van der Waals surface area contributed by atoms with Crippen molar-refractivity contribution >= 4 is 17.3 Å². The Morgan fingerprint density at radius 3 is 2.21 bits per heavy atom. The molecule has 0 aromatic heterocycles. The molecule has 1 amide bonds. The lowest BCUT2D eigenvalue weighted by atomic mass is 10.1. The van der Waals surface area contributed by atoms with Crippen LogP contribution in [0, 0.1) is 6.92 Å². The number of nitrogens with zero attached hydrogens (tertiary/aromatic N) is 2. The van der Waals surface area contributed by atoms with Crippen molar-refractivity contribution in [1.29, 1.82) is 0 Å². The number of hydrogen-bond donors (Lipinski definition) is 1. The Bertz CT molecular complexity index is 661. The third-order valence-corrected chi connectivity index (χ3v) is 4.68. The summed E-state index contributed by atoms with van der Waals surface area (Å²) in [7, 11) is 0. The molecule has 2 aromatic rings. The van der Waals surface area contributed by atoms with Crippen LogP contribution in [0.3, 0.4) is 0 Å². The van der Waals surface area contributed by atoms with Crippen LogP contribution in [0.15, 0.2) is 54.6 Å². The second-order valence-corrected chi connectivity index (χ2v) is 6.39. The van der Waals surface area contributed by atoms with Gasteiger partial charge < -0.3 is 10.2 Å². The Hall–Kier alpha value is -2.33. The highest BCUT2D eigenvalue weighted by Crippen LogP contribution is 2.18. The van der Waals surface area contributed by atoms with Crippen molar-refractivity contribution in [2.45, 2.75) is 19.9 Å². The van der Waals surface area contributed by atoms with Crippen molar-refractivity contribution in [2.24, 2.45) is 0 Å². The molecule has 4 nitrogen and oxygen atoms in total. The Labute approximate surface area is 144 Å². The van der Waals surface area contributed by atoms with Gasteiger partial charge in [-0.05, 0) is 38.1 Å². The normalized spacial score (nSPS) is 16.7. The molecule has 0 radical (unpaired) electrons. The molecule has 0 spiro atoms. The first kappa shape index (κ1) is 16.5. The highest BCUT2D eigenvalue weighted by atomic mass is 16.2. The van der Waals surface area contributed by atoms with Gasteiger partial charge in [-0.2, -0.15) is 0 Å². The van der Waals surface area contributed by atoms with Gasteiger partial charge in [0.15, 0.2) is 0 Å². The molecular weight excluding hydrogens is 298 g/mol. The van der Waals surface area contributed by atoms with Gasteiger partial charge in [-0.15, -0.1) is 0 Å². The molecule has 24 heavy (non-hydrogen) atoms. The molecule has 0 saturated carbocycles. The van der Waals surface area contributed by atoms with E-state index in [0.29, 0.717) is 0 Å². The van der Waals surface area contributed by atoms with Gasteiger partial charge in [0.2, 0.25) is 5.91 Å². The lowest BCUT2D eigenvalue weighted by Gasteiger charge is -2.38. The van der Waals surface area contributed by atoms with Crippen LogP contribution in [-0.4, -0.2) is 43.0 Å². The van der Waals surface area contributed by atoms with Gasteiger partial charge in [0, 0.05) is 37.6 Å². The highest BCUT2D eigenvalue weighted by Gasteiger charge is 2.25. The van der Waals surface area contributed by atoms with E-state index in [0.717, 1.165) is 31.9 Å². The predicted octanol–water partition coefficient (Wildman–Crippen LogP) is 3.14. The Kier molecular flexibility index (Phi) is 5.16. The lowest BCUT2D eigenvalue weighted by molar-refractivity contribution is -0.120. The maximum Gasteiger partial charge on any atom is 0.241 e. The molecule has 2 aromatic carbocycles. The zero-order valence-electron chi connectivity index (χ0n) is 14.4. The molecule has 1 atom stereocenters. The fraction of sp³-hybridized carbons (Fsp3) is 0.350. The third kappa shape index (κ3) is 3.95. The highest BCUT2D eigenvalue weighted by molar-refractivity contribution is 5.94.